The molecule has 0 aromatic heterocycles. The van der Waals surface area contributed by atoms with Crippen LogP contribution in [0.3, 0.4) is 0 Å². The van der Waals surface area contributed by atoms with Crippen LogP contribution in [-0.4, -0.2) is 15.7 Å². The number of nitro benzene ring substituents is 1. The first-order valence-electron chi connectivity index (χ1n) is 10.7. The number of halogens is 2. The van der Waals surface area contributed by atoms with E-state index >= 15 is 0 Å². The average Bonchev–Trinajstić information content (AvgIpc) is 2.67. The summed E-state index contributed by atoms with van der Waals surface area (Å²) in [6.45, 7) is 1.94. The van der Waals surface area contributed by atoms with E-state index in [0.29, 0.717) is 17.5 Å². The van der Waals surface area contributed by atoms with Crippen LogP contribution in [0.15, 0.2) is 36.4 Å². The van der Waals surface area contributed by atoms with E-state index < -0.39 is 10.8 Å². The monoisotopic (exact) mass is 458 g/mol. The molecule has 0 saturated heterocycles. The summed E-state index contributed by atoms with van der Waals surface area (Å²) < 4.78 is 0. The highest BCUT2D eigenvalue weighted by Gasteiger charge is 2.57. The molecular weight excluding hydrogens is 435 g/mol. The molecule has 0 radical (unpaired) electrons. The van der Waals surface area contributed by atoms with Gasteiger partial charge < -0.3 is 5.32 Å². The molecule has 2 aromatic rings. The van der Waals surface area contributed by atoms with Crippen molar-refractivity contribution in [2.45, 2.75) is 55.7 Å². The fourth-order valence-corrected chi connectivity index (χ4v) is 7.46. The number of carbonyl (C=O) groups excluding carboxylic acids is 1. The Morgan fingerprint density at radius 3 is 2.48 bits per heavy atom. The van der Waals surface area contributed by atoms with Crippen LogP contribution in [0.5, 0.6) is 0 Å². The van der Waals surface area contributed by atoms with Crippen molar-refractivity contribution in [1.29, 1.82) is 0 Å². The predicted molar refractivity (Wildman–Crippen MR) is 122 cm³/mol. The molecule has 4 saturated carbocycles. The smallest absolute Gasteiger partial charge is 0.270 e. The number of amides is 1. The molecule has 4 aliphatic carbocycles. The van der Waals surface area contributed by atoms with E-state index in [1.807, 2.05) is 13.0 Å². The molecule has 0 unspecified atom stereocenters. The third kappa shape index (κ3) is 3.62. The Bertz CT molecular complexity index is 1090. The summed E-state index contributed by atoms with van der Waals surface area (Å²) >= 11 is 13.2. The molecule has 6 rings (SSSR count). The topological polar surface area (TPSA) is 72.2 Å². The molecule has 0 aliphatic heterocycles. The van der Waals surface area contributed by atoms with Gasteiger partial charge in [0.2, 0.25) is 0 Å². The first-order valence-corrected chi connectivity index (χ1v) is 11.5. The van der Waals surface area contributed by atoms with Gasteiger partial charge >= 0.3 is 0 Å². The van der Waals surface area contributed by atoms with Crippen LogP contribution < -0.4 is 5.32 Å². The second-order valence-electron chi connectivity index (χ2n) is 9.80. The van der Waals surface area contributed by atoms with E-state index in [2.05, 4.69) is 17.4 Å². The van der Waals surface area contributed by atoms with Crippen molar-refractivity contribution in [2.75, 3.05) is 5.32 Å². The number of non-ortho nitro benzene ring substituents is 1. The van der Waals surface area contributed by atoms with Gasteiger partial charge in [-0.25, -0.2) is 0 Å². The lowest BCUT2D eigenvalue weighted by molar-refractivity contribution is -0.384. The SMILES string of the molecule is Cc1ccc(C23C[C@H]4C[C@@H](CC(Cl)(C4)C2)C3)cc1NC(=O)c1cc([N+](=O)[O-])ccc1Cl. The minimum absolute atomic E-state index is 0.0716. The summed E-state index contributed by atoms with van der Waals surface area (Å²) in [6.07, 6.45) is 6.83. The molecule has 2 aromatic carbocycles. The minimum atomic E-state index is -0.534. The Hall–Kier alpha value is -2.11. The molecule has 31 heavy (non-hydrogen) atoms. The van der Waals surface area contributed by atoms with Crippen molar-refractivity contribution in [3.63, 3.8) is 0 Å². The lowest BCUT2D eigenvalue weighted by Crippen LogP contribution is -2.55. The number of hydrogen-bond acceptors (Lipinski definition) is 3. The minimum Gasteiger partial charge on any atom is -0.322 e. The highest BCUT2D eigenvalue weighted by Crippen LogP contribution is 2.64. The number of nitro groups is 1. The van der Waals surface area contributed by atoms with Gasteiger partial charge in [-0.3, -0.25) is 14.9 Å². The molecule has 4 bridgehead atoms. The largest absolute Gasteiger partial charge is 0.322 e. The number of nitrogens with zero attached hydrogens (tertiary/aromatic N) is 1. The first kappa shape index (κ1) is 20.8. The molecule has 2 atom stereocenters. The van der Waals surface area contributed by atoms with Crippen molar-refractivity contribution in [3.05, 3.63) is 68.2 Å². The quantitative estimate of drug-likeness (QED) is 0.317. The number of rotatable bonds is 4. The van der Waals surface area contributed by atoms with E-state index in [9.17, 15) is 14.9 Å². The number of benzene rings is 2. The zero-order chi connectivity index (χ0) is 22.0. The Morgan fingerprint density at radius 1 is 1.13 bits per heavy atom. The highest BCUT2D eigenvalue weighted by molar-refractivity contribution is 6.34. The normalized spacial score (nSPS) is 30.9. The van der Waals surface area contributed by atoms with E-state index in [4.69, 9.17) is 23.2 Å². The molecule has 0 heterocycles. The third-order valence-corrected chi connectivity index (χ3v) is 8.27. The van der Waals surface area contributed by atoms with Crippen LogP contribution in [0.25, 0.3) is 0 Å². The Balaban J connectivity index is 1.46. The molecule has 1 amide bonds. The van der Waals surface area contributed by atoms with E-state index in [-0.39, 0.29) is 26.6 Å². The van der Waals surface area contributed by atoms with Gasteiger partial charge in [0, 0.05) is 22.7 Å². The molecule has 1 N–H and O–H groups in total. The zero-order valence-corrected chi connectivity index (χ0v) is 18.8. The van der Waals surface area contributed by atoms with Gasteiger partial charge in [0.1, 0.15) is 0 Å². The standard InChI is InChI=1S/C24H24Cl2N2O3/c1-14-2-3-17(23-9-15-6-16(10-23)12-24(26,11-15)13-23)7-21(14)27-22(29)19-8-18(28(30)31)4-5-20(19)25/h2-5,7-8,15-16H,6,9-13H2,1H3,(H,27,29)/t15-,16-,23?,24?/m1/s1. The van der Waals surface area contributed by atoms with Crippen molar-refractivity contribution >= 4 is 40.5 Å². The molecule has 4 aliphatic rings. The van der Waals surface area contributed by atoms with Crippen LogP contribution in [0.2, 0.25) is 5.02 Å². The van der Waals surface area contributed by atoms with Crippen LogP contribution >= 0.6 is 23.2 Å². The highest BCUT2D eigenvalue weighted by atomic mass is 35.5. The van der Waals surface area contributed by atoms with Gasteiger partial charge in [-0.05, 0) is 86.0 Å². The van der Waals surface area contributed by atoms with Gasteiger partial charge in [0.05, 0.1) is 15.5 Å². The van der Waals surface area contributed by atoms with Crippen molar-refractivity contribution < 1.29 is 9.72 Å². The second-order valence-corrected chi connectivity index (χ2v) is 11.0. The van der Waals surface area contributed by atoms with Gasteiger partial charge in [-0.1, -0.05) is 23.7 Å². The second kappa shape index (κ2) is 7.21. The first-order chi connectivity index (χ1) is 14.7. The summed E-state index contributed by atoms with van der Waals surface area (Å²) in [4.78, 5) is 23.4. The number of nitrogens with one attached hydrogen (secondary N) is 1. The van der Waals surface area contributed by atoms with E-state index in [1.54, 1.807) is 0 Å². The third-order valence-electron chi connectivity index (χ3n) is 7.49. The molecule has 7 heteroatoms. The fraction of sp³-hybridized carbons (Fsp3) is 0.458. The summed E-state index contributed by atoms with van der Waals surface area (Å²) in [5.74, 6) is 0.914. The Kier molecular flexibility index (Phi) is 4.83. The lowest BCUT2D eigenvalue weighted by atomic mass is 9.47. The van der Waals surface area contributed by atoms with Gasteiger partial charge in [-0.2, -0.15) is 0 Å². The molecule has 0 spiro atoms. The maximum absolute atomic E-state index is 12.9. The summed E-state index contributed by atoms with van der Waals surface area (Å²) in [6, 6.07) is 10.2. The summed E-state index contributed by atoms with van der Waals surface area (Å²) in [7, 11) is 0. The van der Waals surface area contributed by atoms with Gasteiger partial charge in [-0.15, -0.1) is 11.6 Å². The van der Waals surface area contributed by atoms with Crippen LogP contribution in [0.1, 0.15) is 60.0 Å². The van der Waals surface area contributed by atoms with Crippen molar-refractivity contribution in [1.82, 2.24) is 0 Å². The Morgan fingerprint density at radius 2 is 1.84 bits per heavy atom. The fourth-order valence-electron chi connectivity index (χ4n) is 6.57. The number of anilines is 1. The van der Waals surface area contributed by atoms with Gasteiger partial charge in [0.25, 0.3) is 11.6 Å². The van der Waals surface area contributed by atoms with E-state index in [0.717, 1.165) is 37.7 Å². The van der Waals surface area contributed by atoms with Crippen LogP contribution in [0, 0.1) is 28.9 Å². The summed E-state index contributed by atoms with van der Waals surface area (Å²) in [5, 5.41) is 14.2. The Labute approximate surface area is 191 Å². The number of alkyl halides is 1. The number of hydrogen-bond donors (Lipinski definition) is 1. The van der Waals surface area contributed by atoms with E-state index in [1.165, 1.54) is 30.2 Å². The van der Waals surface area contributed by atoms with Crippen molar-refractivity contribution in [2.24, 2.45) is 11.8 Å². The molecule has 4 fully saturated rings. The zero-order valence-electron chi connectivity index (χ0n) is 17.3. The lowest BCUT2D eigenvalue weighted by Gasteiger charge is -2.60. The maximum atomic E-state index is 12.9. The molecule has 162 valence electrons. The molecule has 5 nitrogen and oxygen atoms in total. The molecular formula is C24H24Cl2N2O3. The average molecular weight is 459 g/mol. The van der Waals surface area contributed by atoms with Crippen LogP contribution in [0.4, 0.5) is 11.4 Å². The summed E-state index contributed by atoms with van der Waals surface area (Å²) in [5.41, 5.74) is 2.88. The van der Waals surface area contributed by atoms with Crippen LogP contribution in [-0.2, 0) is 5.41 Å². The maximum Gasteiger partial charge on any atom is 0.270 e. The number of aryl methyl sites for hydroxylation is 1. The van der Waals surface area contributed by atoms with Gasteiger partial charge in [0.15, 0.2) is 0 Å². The number of carbonyl (C=O) groups is 1. The predicted octanol–water partition coefficient (Wildman–Crippen LogP) is 6.64. The van der Waals surface area contributed by atoms with Crippen molar-refractivity contribution in [3.8, 4) is 0 Å².